The van der Waals surface area contributed by atoms with E-state index in [1.165, 1.54) is 0 Å². The van der Waals surface area contributed by atoms with Crippen molar-refractivity contribution in [1.29, 1.82) is 0 Å². The van der Waals surface area contributed by atoms with Gasteiger partial charge in [-0.25, -0.2) is 9.97 Å². The SMILES string of the molecule is CCCNc1nc(CC)nc(NCc2nc(C)no2)c1C. The van der Waals surface area contributed by atoms with Crippen LogP contribution in [0.25, 0.3) is 0 Å². The van der Waals surface area contributed by atoms with Gasteiger partial charge in [-0.15, -0.1) is 0 Å². The van der Waals surface area contributed by atoms with Crippen molar-refractivity contribution >= 4 is 11.6 Å². The van der Waals surface area contributed by atoms with E-state index in [-0.39, 0.29) is 0 Å². The Kier molecular flexibility index (Phi) is 5.08. The van der Waals surface area contributed by atoms with Gasteiger partial charge in [-0.3, -0.25) is 0 Å². The van der Waals surface area contributed by atoms with Gasteiger partial charge in [0, 0.05) is 18.5 Å². The second kappa shape index (κ2) is 7.01. The summed E-state index contributed by atoms with van der Waals surface area (Å²) in [5.74, 6) is 3.67. The topological polar surface area (TPSA) is 88.8 Å². The van der Waals surface area contributed by atoms with Gasteiger partial charge in [-0.05, 0) is 20.3 Å². The Hall–Kier alpha value is -2.18. The summed E-state index contributed by atoms with van der Waals surface area (Å²) in [7, 11) is 0. The van der Waals surface area contributed by atoms with Crippen LogP contribution in [0, 0.1) is 13.8 Å². The van der Waals surface area contributed by atoms with Crippen molar-refractivity contribution in [3.05, 3.63) is 23.1 Å². The monoisotopic (exact) mass is 290 g/mol. The number of nitrogens with zero attached hydrogens (tertiary/aromatic N) is 4. The Morgan fingerprint density at radius 1 is 1.00 bits per heavy atom. The van der Waals surface area contributed by atoms with Crippen molar-refractivity contribution in [3.8, 4) is 0 Å². The van der Waals surface area contributed by atoms with Crippen LogP contribution < -0.4 is 10.6 Å². The molecule has 21 heavy (non-hydrogen) atoms. The molecule has 0 aliphatic rings. The maximum absolute atomic E-state index is 5.09. The van der Waals surface area contributed by atoms with Gasteiger partial charge in [-0.1, -0.05) is 19.0 Å². The molecular weight excluding hydrogens is 268 g/mol. The number of aromatic nitrogens is 4. The molecule has 2 heterocycles. The predicted octanol–water partition coefficient (Wildman–Crippen LogP) is 2.47. The van der Waals surface area contributed by atoms with Crippen LogP contribution in [0.5, 0.6) is 0 Å². The van der Waals surface area contributed by atoms with Crippen molar-refractivity contribution in [2.45, 2.75) is 47.1 Å². The molecule has 2 rings (SSSR count). The van der Waals surface area contributed by atoms with Gasteiger partial charge in [0.15, 0.2) is 5.82 Å². The minimum absolute atomic E-state index is 0.453. The Morgan fingerprint density at radius 2 is 1.71 bits per heavy atom. The molecule has 0 fully saturated rings. The van der Waals surface area contributed by atoms with Crippen molar-refractivity contribution in [2.75, 3.05) is 17.2 Å². The van der Waals surface area contributed by atoms with Crippen LogP contribution >= 0.6 is 0 Å². The summed E-state index contributed by atoms with van der Waals surface area (Å²) in [6.07, 6.45) is 1.84. The molecule has 0 aliphatic heterocycles. The quantitative estimate of drug-likeness (QED) is 0.809. The molecule has 0 bridgehead atoms. The lowest BCUT2D eigenvalue weighted by Crippen LogP contribution is -2.11. The van der Waals surface area contributed by atoms with Crippen molar-refractivity contribution in [1.82, 2.24) is 20.1 Å². The zero-order chi connectivity index (χ0) is 15.2. The summed E-state index contributed by atoms with van der Waals surface area (Å²) in [4.78, 5) is 13.2. The molecule has 2 aromatic rings. The van der Waals surface area contributed by atoms with Crippen molar-refractivity contribution < 1.29 is 4.52 Å². The van der Waals surface area contributed by atoms with Crippen molar-refractivity contribution in [3.63, 3.8) is 0 Å². The standard InChI is InChI=1S/C14H22N6O/c1-5-7-15-13-9(3)14(19-11(6-2)18-13)16-8-12-17-10(4)20-21-12/h5-8H2,1-4H3,(H2,15,16,18,19). The van der Waals surface area contributed by atoms with Crippen LogP contribution in [0.3, 0.4) is 0 Å². The summed E-state index contributed by atoms with van der Waals surface area (Å²) in [6.45, 7) is 9.31. The lowest BCUT2D eigenvalue weighted by molar-refractivity contribution is 0.379. The molecule has 0 saturated carbocycles. The Labute approximate surface area is 124 Å². The van der Waals surface area contributed by atoms with Gasteiger partial charge in [0.2, 0.25) is 5.89 Å². The van der Waals surface area contributed by atoms with E-state index >= 15 is 0 Å². The maximum Gasteiger partial charge on any atom is 0.245 e. The molecule has 0 aliphatic carbocycles. The third-order valence-corrected chi connectivity index (χ3v) is 3.03. The highest BCUT2D eigenvalue weighted by atomic mass is 16.5. The zero-order valence-corrected chi connectivity index (χ0v) is 13.0. The average molecular weight is 290 g/mol. The smallest absolute Gasteiger partial charge is 0.245 e. The first-order valence-corrected chi connectivity index (χ1v) is 7.28. The molecular formula is C14H22N6O. The summed E-state index contributed by atoms with van der Waals surface area (Å²) in [6, 6.07) is 0. The van der Waals surface area contributed by atoms with Gasteiger partial charge in [0.1, 0.15) is 17.5 Å². The van der Waals surface area contributed by atoms with Crippen LogP contribution in [0.1, 0.15) is 43.4 Å². The van der Waals surface area contributed by atoms with E-state index in [0.717, 1.165) is 42.4 Å². The molecule has 7 nitrogen and oxygen atoms in total. The van der Waals surface area contributed by atoms with E-state index in [1.54, 1.807) is 6.92 Å². The summed E-state index contributed by atoms with van der Waals surface area (Å²) < 4.78 is 5.09. The second-order valence-corrected chi connectivity index (χ2v) is 4.83. The average Bonchev–Trinajstić information content (AvgIpc) is 2.90. The number of nitrogens with one attached hydrogen (secondary N) is 2. The minimum Gasteiger partial charge on any atom is -0.370 e. The summed E-state index contributed by atoms with van der Waals surface area (Å²) >= 11 is 0. The van der Waals surface area contributed by atoms with E-state index in [1.807, 2.05) is 13.8 Å². The molecule has 2 N–H and O–H groups in total. The lowest BCUT2D eigenvalue weighted by atomic mass is 10.2. The first-order valence-electron chi connectivity index (χ1n) is 7.28. The third-order valence-electron chi connectivity index (χ3n) is 3.03. The van der Waals surface area contributed by atoms with Crippen LogP contribution in [-0.4, -0.2) is 26.7 Å². The summed E-state index contributed by atoms with van der Waals surface area (Å²) in [5, 5.41) is 10.4. The molecule has 0 aromatic carbocycles. The Bertz CT molecular complexity index is 595. The Morgan fingerprint density at radius 3 is 2.29 bits per heavy atom. The van der Waals surface area contributed by atoms with Gasteiger partial charge in [0.25, 0.3) is 0 Å². The number of hydrogen-bond donors (Lipinski definition) is 2. The fraction of sp³-hybridized carbons (Fsp3) is 0.571. The molecule has 0 atom stereocenters. The van der Waals surface area contributed by atoms with E-state index in [2.05, 4.69) is 37.7 Å². The third kappa shape index (κ3) is 3.90. The van der Waals surface area contributed by atoms with Crippen LogP contribution in [0.2, 0.25) is 0 Å². The second-order valence-electron chi connectivity index (χ2n) is 4.83. The zero-order valence-electron chi connectivity index (χ0n) is 13.0. The molecule has 0 saturated heterocycles. The molecule has 0 spiro atoms. The van der Waals surface area contributed by atoms with Crippen molar-refractivity contribution in [2.24, 2.45) is 0 Å². The highest BCUT2D eigenvalue weighted by Crippen LogP contribution is 2.20. The fourth-order valence-electron chi connectivity index (χ4n) is 1.88. The normalized spacial score (nSPS) is 10.7. The van der Waals surface area contributed by atoms with Crippen LogP contribution in [0.4, 0.5) is 11.6 Å². The molecule has 114 valence electrons. The van der Waals surface area contributed by atoms with Crippen LogP contribution in [0.15, 0.2) is 4.52 Å². The van der Waals surface area contributed by atoms with Gasteiger partial charge < -0.3 is 15.2 Å². The predicted molar refractivity (Wildman–Crippen MR) is 81.3 cm³/mol. The maximum atomic E-state index is 5.09. The number of rotatable bonds is 7. The van der Waals surface area contributed by atoms with E-state index in [9.17, 15) is 0 Å². The molecule has 0 radical (unpaired) electrons. The first kappa shape index (κ1) is 15.2. The van der Waals surface area contributed by atoms with Gasteiger partial charge in [0.05, 0.1) is 6.54 Å². The number of anilines is 2. The highest BCUT2D eigenvalue weighted by molar-refractivity contribution is 5.57. The van der Waals surface area contributed by atoms with E-state index in [0.29, 0.717) is 18.3 Å². The minimum atomic E-state index is 0.453. The summed E-state index contributed by atoms with van der Waals surface area (Å²) in [5.41, 5.74) is 0.997. The lowest BCUT2D eigenvalue weighted by Gasteiger charge is -2.13. The van der Waals surface area contributed by atoms with Gasteiger partial charge in [-0.2, -0.15) is 4.98 Å². The van der Waals surface area contributed by atoms with E-state index < -0.39 is 0 Å². The molecule has 2 aromatic heterocycles. The largest absolute Gasteiger partial charge is 0.370 e. The Balaban J connectivity index is 2.16. The fourth-order valence-corrected chi connectivity index (χ4v) is 1.88. The number of hydrogen-bond acceptors (Lipinski definition) is 7. The number of aryl methyl sites for hydroxylation is 2. The first-order chi connectivity index (χ1) is 10.1. The van der Waals surface area contributed by atoms with Gasteiger partial charge >= 0.3 is 0 Å². The van der Waals surface area contributed by atoms with E-state index in [4.69, 9.17) is 4.52 Å². The molecule has 0 unspecified atom stereocenters. The highest BCUT2D eigenvalue weighted by Gasteiger charge is 2.11. The molecule has 0 amide bonds. The van der Waals surface area contributed by atoms with Crippen LogP contribution in [-0.2, 0) is 13.0 Å². The molecule has 7 heteroatoms.